The number of hydrogen-bond donors (Lipinski definition) is 0. The van der Waals surface area contributed by atoms with Crippen LogP contribution in [-0.2, 0) is 9.53 Å². The van der Waals surface area contributed by atoms with Crippen LogP contribution in [-0.4, -0.2) is 12.1 Å². The molecule has 2 aromatic rings. The third-order valence-corrected chi connectivity index (χ3v) is 2.48. The lowest BCUT2D eigenvalue weighted by atomic mass is 10.1. The van der Waals surface area contributed by atoms with Crippen LogP contribution in [0.4, 0.5) is 0 Å². The van der Waals surface area contributed by atoms with Gasteiger partial charge < -0.3 is 9.15 Å². The Bertz CT molecular complexity index is 551. The molecule has 0 fully saturated rings. The fourth-order valence-electron chi connectivity index (χ4n) is 1.67. The van der Waals surface area contributed by atoms with Gasteiger partial charge in [0.1, 0.15) is 5.76 Å². The molecule has 0 aliphatic carbocycles. The average Bonchev–Trinajstić information content (AvgIpc) is 2.89. The van der Waals surface area contributed by atoms with Gasteiger partial charge in [0.05, 0.1) is 17.9 Å². The third kappa shape index (κ3) is 3.58. The van der Waals surface area contributed by atoms with E-state index in [1.54, 1.807) is 24.5 Å². The number of rotatable bonds is 4. The lowest BCUT2D eigenvalue weighted by Crippen LogP contribution is -2.12. The Morgan fingerprint density at radius 1 is 1.16 bits per heavy atom. The molecule has 0 saturated heterocycles. The van der Waals surface area contributed by atoms with Gasteiger partial charge in [0.2, 0.25) is 0 Å². The molecule has 0 radical (unpaired) electrons. The van der Waals surface area contributed by atoms with Crippen molar-refractivity contribution in [3.05, 3.63) is 60.1 Å². The van der Waals surface area contributed by atoms with E-state index in [2.05, 4.69) is 0 Å². The topological polar surface area (TPSA) is 39.4 Å². The molecule has 0 aliphatic rings. The molecule has 0 bridgehead atoms. The Kier molecular flexibility index (Phi) is 4.18. The molecule has 0 spiro atoms. The van der Waals surface area contributed by atoms with Gasteiger partial charge in [0, 0.05) is 0 Å². The molecule has 1 aromatic carbocycles. The van der Waals surface area contributed by atoms with E-state index in [1.807, 2.05) is 44.2 Å². The van der Waals surface area contributed by atoms with Crippen molar-refractivity contribution in [2.24, 2.45) is 0 Å². The van der Waals surface area contributed by atoms with Crippen LogP contribution in [0.2, 0.25) is 0 Å². The molecule has 3 heteroatoms. The van der Waals surface area contributed by atoms with Crippen LogP contribution < -0.4 is 0 Å². The first-order chi connectivity index (χ1) is 9.16. The quantitative estimate of drug-likeness (QED) is 0.617. The van der Waals surface area contributed by atoms with Crippen molar-refractivity contribution in [3.63, 3.8) is 0 Å². The van der Waals surface area contributed by atoms with Crippen molar-refractivity contribution in [3.8, 4) is 0 Å². The first-order valence-corrected chi connectivity index (χ1v) is 6.18. The van der Waals surface area contributed by atoms with Crippen molar-refractivity contribution >= 4 is 17.6 Å². The van der Waals surface area contributed by atoms with Gasteiger partial charge in [-0.25, -0.2) is 4.79 Å². The summed E-state index contributed by atoms with van der Waals surface area (Å²) in [6, 6.07) is 13.0. The van der Waals surface area contributed by atoms with E-state index in [4.69, 9.17) is 9.15 Å². The maximum atomic E-state index is 12.1. The largest absolute Gasteiger partial charge is 0.465 e. The predicted octanol–water partition coefficient (Wildman–Crippen LogP) is 3.77. The molecule has 98 valence electrons. The maximum Gasteiger partial charge on any atom is 0.339 e. The highest BCUT2D eigenvalue weighted by Gasteiger charge is 2.15. The molecule has 3 nitrogen and oxygen atoms in total. The monoisotopic (exact) mass is 256 g/mol. The fourth-order valence-corrected chi connectivity index (χ4v) is 1.67. The lowest BCUT2D eigenvalue weighted by Gasteiger charge is -2.10. The molecule has 2 rings (SSSR count). The maximum absolute atomic E-state index is 12.1. The van der Waals surface area contributed by atoms with E-state index in [9.17, 15) is 4.79 Å². The molecule has 0 saturated carbocycles. The van der Waals surface area contributed by atoms with Crippen LogP contribution in [0.5, 0.6) is 0 Å². The molecule has 19 heavy (non-hydrogen) atoms. The standard InChI is InChI=1S/C16H16O3/c1-12(2)19-16(17)15(11-14-9-6-10-18-14)13-7-4-3-5-8-13/h3-12H,1-2H3/b15-11-. The van der Waals surface area contributed by atoms with E-state index in [0.717, 1.165) is 5.56 Å². The summed E-state index contributed by atoms with van der Waals surface area (Å²) >= 11 is 0. The van der Waals surface area contributed by atoms with Gasteiger partial charge in [-0.1, -0.05) is 30.3 Å². The Labute approximate surface area is 112 Å². The summed E-state index contributed by atoms with van der Waals surface area (Å²) in [5, 5.41) is 0. The Hall–Kier alpha value is -2.29. The van der Waals surface area contributed by atoms with Crippen molar-refractivity contribution in [1.82, 2.24) is 0 Å². The fraction of sp³-hybridized carbons (Fsp3) is 0.188. The molecule has 0 N–H and O–H groups in total. The van der Waals surface area contributed by atoms with Crippen LogP contribution in [0.25, 0.3) is 11.6 Å². The second kappa shape index (κ2) is 6.05. The number of carbonyl (C=O) groups excluding carboxylic acids is 1. The van der Waals surface area contributed by atoms with Crippen molar-refractivity contribution in [1.29, 1.82) is 0 Å². The van der Waals surface area contributed by atoms with Crippen LogP contribution in [0.3, 0.4) is 0 Å². The molecule has 0 amide bonds. The smallest absolute Gasteiger partial charge is 0.339 e. The van der Waals surface area contributed by atoms with E-state index < -0.39 is 0 Å². The number of esters is 1. The summed E-state index contributed by atoms with van der Waals surface area (Å²) < 4.78 is 10.5. The summed E-state index contributed by atoms with van der Waals surface area (Å²) in [5.41, 5.74) is 1.30. The zero-order chi connectivity index (χ0) is 13.7. The minimum atomic E-state index is -0.349. The molecule has 0 unspecified atom stereocenters. The highest BCUT2D eigenvalue weighted by Crippen LogP contribution is 2.20. The van der Waals surface area contributed by atoms with Crippen LogP contribution in [0.1, 0.15) is 25.2 Å². The van der Waals surface area contributed by atoms with E-state index in [1.165, 1.54) is 0 Å². The molecular formula is C16H16O3. The number of furan rings is 1. The lowest BCUT2D eigenvalue weighted by molar-refractivity contribution is -0.140. The number of benzene rings is 1. The van der Waals surface area contributed by atoms with Crippen molar-refractivity contribution in [2.45, 2.75) is 20.0 Å². The number of carbonyl (C=O) groups is 1. The molecule has 0 aliphatic heterocycles. The van der Waals surface area contributed by atoms with Gasteiger partial charge in [-0.2, -0.15) is 0 Å². The van der Waals surface area contributed by atoms with Crippen LogP contribution >= 0.6 is 0 Å². The summed E-state index contributed by atoms with van der Waals surface area (Å²) in [7, 11) is 0. The van der Waals surface area contributed by atoms with Gasteiger partial charge in [-0.3, -0.25) is 0 Å². The van der Waals surface area contributed by atoms with Gasteiger partial charge >= 0.3 is 5.97 Å². The third-order valence-electron chi connectivity index (χ3n) is 2.48. The minimum absolute atomic E-state index is 0.156. The highest BCUT2D eigenvalue weighted by molar-refractivity contribution is 6.21. The molecule has 1 aromatic heterocycles. The zero-order valence-electron chi connectivity index (χ0n) is 11.0. The normalized spacial score (nSPS) is 11.6. The Balaban J connectivity index is 2.37. The van der Waals surface area contributed by atoms with E-state index >= 15 is 0 Å². The van der Waals surface area contributed by atoms with E-state index in [-0.39, 0.29) is 12.1 Å². The average molecular weight is 256 g/mol. The summed E-state index contributed by atoms with van der Waals surface area (Å²) in [5.74, 6) is 0.275. The second-order valence-electron chi connectivity index (χ2n) is 4.39. The van der Waals surface area contributed by atoms with Crippen molar-refractivity contribution in [2.75, 3.05) is 0 Å². The van der Waals surface area contributed by atoms with Crippen LogP contribution in [0.15, 0.2) is 53.1 Å². The number of ether oxygens (including phenoxy) is 1. The zero-order valence-corrected chi connectivity index (χ0v) is 11.0. The Morgan fingerprint density at radius 3 is 2.47 bits per heavy atom. The predicted molar refractivity (Wildman–Crippen MR) is 74.2 cm³/mol. The summed E-state index contributed by atoms with van der Waals surface area (Å²) in [6.07, 6.45) is 3.11. The van der Waals surface area contributed by atoms with Gasteiger partial charge in [-0.05, 0) is 37.6 Å². The first-order valence-electron chi connectivity index (χ1n) is 6.18. The van der Waals surface area contributed by atoms with Crippen LogP contribution in [0, 0.1) is 0 Å². The summed E-state index contributed by atoms with van der Waals surface area (Å²) in [4.78, 5) is 12.1. The second-order valence-corrected chi connectivity index (χ2v) is 4.39. The Morgan fingerprint density at radius 2 is 1.89 bits per heavy atom. The SMILES string of the molecule is CC(C)OC(=O)/C(=C\c1ccco1)c1ccccc1. The van der Waals surface area contributed by atoms with E-state index in [0.29, 0.717) is 11.3 Å². The highest BCUT2D eigenvalue weighted by atomic mass is 16.5. The summed E-state index contributed by atoms with van der Waals surface area (Å²) in [6.45, 7) is 3.65. The molecule has 0 atom stereocenters. The van der Waals surface area contributed by atoms with Crippen molar-refractivity contribution < 1.29 is 13.9 Å². The van der Waals surface area contributed by atoms with Gasteiger partial charge in [-0.15, -0.1) is 0 Å². The minimum Gasteiger partial charge on any atom is -0.465 e. The van der Waals surface area contributed by atoms with Gasteiger partial charge in [0.25, 0.3) is 0 Å². The first kappa shape index (κ1) is 13.1. The number of hydrogen-bond acceptors (Lipinski definition) is 3. The van der Waals surface area contributed by atoms with Gasteiger partial charge in [0.15, 0.2) is 0 Å². The molecule has 1 heterocycles. The molecular weight excluding hydrogens is 240 g/mol.